The highest BCUT2D eigenvalue weighted by molar-refractivity contribution is 7.19. The van der Waals surface area contributed by atoms with Gasteiger partial charge in [-0.15, -0.1) is 17.8 Å². The van der Waals surface area contributed by atoms with Crippen molar-refractivity contribution in [3.8, 4) is 12.3 Å². The van der Waals surface area contributed by atoms with Gasteiger partial charge in [-0.25, -0.2) is 4.98 Å². The molecule has 58 valence electrons. The molecule has 0 spiro atoms. The Bertz CT molecular complexity index is 467. The summed E-state index contributed by atoms with van der Waals surface area (Å²) in [5.41, 5.74) is 0.875. The van der Waals surface area contributed by atoms with Crippen molar-refractivity contribution in [1.29, 1.82) is 0 Å². The molecule has 0 amide bonds. The van der Waals surface area contributed by atoms with Crippen molar-refractivity contribution in [1.82, 2.24) is 4.98 Å². The molecule has 0 unspecified atom stereocenters. The van der Waals surface area contributed by atoms with Gasteiger partial charge < -0.3 is 0 Å². The van der Waals surface area contributed by atoms with E-state index in [1.54, 1.807) is 0 Å². The summed E-state index contributed by atoms with van der Waals surface area (Å²) in [7, 11) is 0. The molecule has 1 aromatic carbocycles. The fraction of sp³-hybridized carbons (Fsp3) is 0. The lowest BCUT2D eigenvalue weighted by atomic mass is 10.3. The van der Waals surface area contributed by atoms with Crippen LogP contribution in [0.4, 0.5) is 0 Å². The molecule has 0 saturated heterocycles. The van der Waals surface area contributed by atoms with Crippen LogP contribution in [0.2, 0.25) is 5.02 Å². The Kier molecular flexibility index (Phi) is 1.76. The fourth-order valence-electron chi connectivity index (χ4n) is 0.962. The minimum absolute atomic E-state index is 0.691. The summed E-state index contributed by atoms with van der Waals surface area (Å²) in [5, 5.41) is 1.39. The van der Waals surface area contributed by atoms with E-state index in [0.29, 0.717) is 10.0 Å². The van der Waals surface area contributed by atoms with Gasteiger partial charge in [0.25, 0.3) is 0 Å². The van der Waals surface area contributed by atoms with Crippen molar-refractivity contribution in [3.63, 3.8) is 0 Å². The Morgan fingerprint density at radius 2 is 2.33 bits per heavy atom. The van der Waals surface area contributed by atoms with Crippen LogP contribution in [0.3, 0.4) is 0 Å². The number of rotatable bonds is 0. The molecule has 1 aromatic heterocycles. The van der Waals surface area contributed by atoms with Crippen LogP contribution in [-0.4, -0.2) is 4.98 Å². The van der Waals surface area contributed by atoms with Crippen LogP contribution < -0.4 is 0 Å². The average Bonchev–Trinajstić information content (AvgIpc) is 2.46. The van der Waals surface area contributed by atoms with Crippen molar-refractivity contribution >= 4 is 33.2 Å². The van der Waals surface area contributed by atoms with Crippen molar-refractivity contribution in [3.05, 3.63) is 28.2 Å². The molecule has 1 heterocycles. The van der Waals surface area contributed by atoms with Gasteiger partial charge in [0, 0.05) is 5.02 Å². The number of halogens is 1. The van der Waals surface area contributed by atoms with Crippen LogP contribution in [0.25, 0.3) is 10.2 Å². The summed E-state index contributed by atoms with van der Waals surface area (Å²) in [4.78, 5) is 4.19. The molecule has 2 aromatic rings. The van der Waals surface area contributed by atoms with Gasteiger partial charge in [-0.3, -0.25) is 0 Å². The first-order chi connectivity index (χ1) is 5.79. The third-order valence-electron chi connectivity index (χ3n) is 1.47. The normalized spacial score (nSPS) is 10.0. The third-order valence-corrected chi connectivity index (χ3v) is 2.68. The molecule has 3 heteroatoms. The second-order valence-corrected chi connectivity index (χ2v) is 3.74. The minimum Gasteiger partial charge on any atom is -0.228 e. The molecule has 12 heavy (non-hydrogen) atoms. The molecule has 0 aliphatic heterocycles. The quantitative estimate of drug-likeness (QED) is 0.587. The number of fused-ring (bicyclic) bond motifs is 1. The Morgan fingerprint density at radius 3 is 3.08 bits per heavy atom. The van der Waals surface area contributed by atoms with E-state index in [1.807, 2.05) is 18.2 Å². The highest BCUT2D eigenvalue weighted by Gasteiger charge is 2.00. The zero-order valence-corrected chi connectivity index (χ0v) is 7.62. The summed E-state index contributed by atoms with van der Waals surface area (Å²) in [5.74, 6) is 2.50. The van der Waals surface area contributed by atoms with E-state index in [2.05, 4.69) is 10.9 Å². The van der Waals surface area contributed by atoms with E-state index in [1.165, 1.54) is 11.3 Å². The van der Waals surface area contributed by atoms with Crippen LogP contribution in [0.1, 0.15) is 5.01 Å². The Labute approximate surface area is 79.0 Å². The predicted octanol–water partition coefficient (Wildman–Crippen LogP) is 2.93. The number of hydrogen-bond donors (Lipinski definition) is 0. The number of aromatic nitrogens is 1. The van der Waals surface area contributed by atoms with Gasteiger partial charge in [0.15, 0.2) is 5.01 Å². The monoisotopic (exact) mass is 193 g/mol. The maximum absolute atomic E-state index is 5.78. The molecule has 0 aliphatic carbocycles. The summed E-state index contributed by atoms with van der Waals surface area (Å²) in [6.45, 7) is 0. The summed E-state index contributed by atoms with van der Waals surface area (Å²) in [6, 6.07) is 5.58. The third kappa shape index (κ3) is 1.18. The van der Waals surface area contributed by atoms with E-state index in [0.717, 1.165) is 10.2 Å². The predicted molar refractivity (Wildman–Crippen MR) is 52.6 cm³/mol. The lowest BCUT2D eigenvalue weighted by Gasteiger charge is -1.86. The van der Waals surface area contributed by atoms with Crippen molar-refractivity contribution < 1.29 is 0 Å². The number of thiazole rings is 1. The molecule has 0 aliphatic rings. The fourth-order valence-corrected chi connectivity index (χ4v) is 1.89. The van der Waals surface area contributed by atoms with Gasteiger partial charge in [-0.2, -0.15) is 0 Å². The topological polar surface area (TPSA) is 12.9 Å². The maximum atomic E-state index is 5.78. The van der Waals surface area contributed by atoms with Crippen LogP contribution in [0.5, 0.6) is 0 Å². The number of benzene rings is 1. The smallest absolute Gasteiger partial charge is 0.167 e. The van der Waals surface area contributed by atoms with Crippen LogP contribution >= 0.6 is 22.9 Å². The van der Waals surface area contributed by atoms with E-state index in [9.17, 15) is 0 Å². The Hall–Kier alpha value is -1.04. The lowest BCUT2D eigenvalue weighted by Crippen LogP contribution is -1.69. The zero-order valence-electron chi connectivity index (χ0n) is 6.04. The standard InChI is InChI=1S/C9H4ClNS/c1-2-9-11-7-5-6(10)3-4-8(7)12-9/h1,3-5H. The van der Waals surface area contributed by atoms with Gasteiger partial charge in [0.1, 0.15) is 0 Å². The first kappa shape index (κ1) is 7.60. The second-order valence-electron chi connectivity index (χ2n) is 2.28. The van der Waals surface area contributed by atoms with E-state index >= 15 is 0 Å². The van der Waals surface area contributed by atoms with Crippen molar-refractivity contribution in [2.24, 2.45) is 0 Å². The van der Waals surface area contributed by atoms with E-state index < -0.39 is 0 Å². The van der Waals surface area contributed by atoms with Gasteiger partial charge >= 0.3 is 0 Å². The first-order valence-corrected chi connectivity index (χ1v) is 4.52. The molecule has 1 nitrogen and oxygen atoms in total. The molecule has 0 saturated carbocycles. The Morgan fingerprint density at radius 1 is 1.50 bits per heavy atom. The SMILES string of the molecule is C#Cc1nc2cc(Cl)ccc2s1. The zero-order chi connectivity index (χ0) is 8.55. The highest BCUT2D eigenvalue weighted by Crippen LogP contribution is 2.24. The van der Waals surface area contributed by atoms with Crippen LogP contribution in [0.15, 0.2) is 18.2 Å². The van der Waals surface area contributed by atoms with Gasteiger partial charge in [-0.05, 0) is 24.1 Å². The highest BCUT2D eigenvalue weighted by atomic mass is 35.5. The van der Waals surface area contributed by atoms with E-state index in [-0.39, 0.29) is 0 Å². The molecular weight excluding hydrogens is 190 g/mol. The van der Waals surface area contributed by atoms with Crippen molar-refractivity contribution in [2.45, 2.75) is 0 Å². The van der Waals surface area contributed by atoms with Crippen LogP contribution in [-0.2, 0) is 0 Å². The molecule has 2 rings (SSSR count). The minimum atomic E-state index is 0.691. The summed E-state index contributed by atoms with van der Waals surface area (Å²) < 4.78 is 1.08. The maximum Gasteiger partial charge on any atom is 0.167 e. The first-order valence-electron chi connectivity index (χ1n) is 3.32. The largest absolute Gasteiger partial charge is 0.228 e. The summed E-state index contributed by atoms with van der Waals surface area (Å²) >= 11 is 7.28. The summed E-state index contributed by atoms with van der Waals surface area (Å²) in [6.07, 6.45) is 5.22. The Balaban J connectivity index is 2.77. The van der Waals surface area contributed by atoms with Crippen molar-refractivity contribution in [2.75, 3.05) is 0 Å². The molecule has 0 fully saturated rings. The van der Waals surface area contributed by atoms with Crippen LogP contribution in [0, 0.1) is 12.3 Å². The lowest BCUT2D eigenvalue weighted by molar-refractivity contribution is 1.46. The molecule has 0 radical (unpaired) electrons. The van der Waals surface area contributed by atoms with E-state index in [4.69, 9.17) is 18.0 Å². The number of hydrogen-bond acceptors (Lipinski definition) is 2. The number of nitrogens with zero attached hydrogens (tertiary/aromatic N) is 1. The molecular formula is C9H4ClNS. The van der Waals surface area contributed by atoms with Gasteiger partial charge in [0.2, 0.25) is 0 Å². The second kappa shape index (κ2) is 2.78. The molecule has 0 N–H and O–H groups in total. The number of terminal acetylenes is 1. The van der Waals surface area contributed by atoms with Gasteiger partial charge in [0.05, 0.1) is 10.2 Å². The molecule has 0 atom stereocenters. The van der Waals surface area contributed by atoms with Gasteiger partial charge in [-0.1, -0.05) is 11.6 Å². The average molecular weight is 194 g/mol. The molecule has 0 bridgehead atoms.